The van der Waals surface area contributed by atoms with Crippen molar-refractivity contribution < 1.29 is 9.59 Å². The monoisotopic (exact) mass is 365 g/mol. The Labute approximate surface area is 160 Å². The molecule has 0 atom stereocenters. The number of benzene rings is 1. The average molecular weight is 365 g/mol. The highest BCUT2D eigenvalue weighted by atomic mass is 16.2. The van der Waals surface area contributed by atoms with Crippen LogP contribution in [0.15, 0.2) is 48.7 Å². The van der Waals surface area contributed by atoms with Gasteiger partial charge in [0, 0.05) is 37.4 Å². The summed E-state index contributed by atoms with van der Waals surface area (Å²) in [6, 6.07) is 14.4. The van der Waals surface area contributed by atoms with Gasteiger partial charge in [-0.05, 0) is 43.4 Å². The van der Waals surface area contributed by atoms with E-state index >= 15 is 0 Å². The fraction of sp³-hybridized carbons (Fsp3) is 0.455. The summed E-state index contributed by atoms with van der Waals surface area (Å²) < 4.78 is 2.04. The number of carbonyl (C=O) groups excluding carboxylic acids is 2. The van der Waals surface area contributed by atoms with Crippen LogP contribution in [0.4, 0.5) is 0 Å². The highest BCUT2D eigenvalue weighted by Gasteiger charge is 2.41. The quantitative estimate of drug-likeness (QED) is 0.722. The second-order valence-electron chi connectivity index (χ2n) is 7.82. The van der Waals surface area contributed by atoms with Crippen molar-refractivity contribution in [3.8, 4) is 0 Å². The van der Waals surface area contributed by atoms with Gasteiger partial charge in [0.1, 0.15) is 6.54 Å². The molecule has 5 nitrogen and oxygen atoms in total. The predicted molar refractivity (Wildman–Crippen MR) is 104 cm³/mol. The number of nitrogens with zero attached hydrogens (tertiary/aromatic N) is 3. The number of carbonyl (C=O) groups is 2. The largest absolute Gasteiger partial charge is 0.353 e. The second kappa shape index (κ2) is 7.59. The molecule has 2 amide bonds. The first kappa shape index (κ1) is 17.8. The molecule has 0 spiro atoms. The van der Waals surface area contributed by atoms with Gasteiger partial charge in [0.05, 0.1) is 6.54 Å². The summed E-state index contributed by atoms with van der Waals surface area (Å²) in [7, 11) is 1.99. The topological polar surface area (TPSA) is 45.6 Å². The molecule has 0 N–H and O–H groups in total. The Hall–Kier alpha value is -2.56. The summed E-state index contributed by atoms with van der Waals surface area (Å²) in [6.07, 6.45) is 6.01. The van der Waals surface area contributed by atoms with Crippen LogP contribution in [0.25, 0.3) is 0 Å². The van der Waals surface area contributed by atoms with Crippen molar-refractivity contribution in [2.75, 3.05) is 6.54 Å². The minimum absolute atomic E-state index is 0.0287. The normalized spacial score (nSPS) is 16.2. The molecule has 0 saturated heterocycles. The van der Waals surface area contributed by atoms with Crippen LogP contribution >= 0.6 is 0 Å². The maximum absolute atomic E-state index is 13.2. The van der Waals surface area contributed by atoms with Gasteiger partial charge in [-0.3, -0.25) is 9.59 Å². The van der Waals surface area contributed by atoms with Crippen molar-refractivity contribution in [1.82, 2.24) is 14.4 Å². The van der Waals surface area contributed by atoms with Crippen molar-refractivity contribution in [2.24, 2.45) is 13.0 Å². The third-order valence-electron chi connectivity index (χ3n) is 5.48. The third kappa shape index (κ3) is 4.41. The first-order chi connectivity index (χ1) is 13.1. The van der Waals surface area contributed by atoms with Crippen LogP contribution in [0.3, 0.4) is 0 Å². The highest BCUT2D eigenvalue weighted by molar-refractivity contribution is 5.87. The SMILES string of the molecule is Cn1cccc1CN(Cc1ccccc1)C(=O)CN(C(=O)C1CC1)C1CC1. The summed E-state index contributed by atoms with van der Waals surface area (Å²) >= 11 is 0. The van der Waals surface area contributed by atoms with E-state index in [1.807, 2.05) is 70.1 Å². The lowest BCUT2D eigenvalue weighted by molar-refractivity contribution is -0.142. The Morgan fingerprint density at radius 1 is 1.00 bits per heavy atom. The number of hydrogen-bond acceptors (Lipinski definition) is 2. The Bertz CT molecular complexity index is 806. The van der Waals surface area contributed by atoms with Crippen LogP contribution in [-0.4, -0.2) is 38.8 Å². The minimum Gasteiger partial charge on any atom is -0.353 e. The molecule has 1 aromatic heterocycles. The standard InChI is InChI=1S/C22H27N3O2/c1-23-13-5-8-20(23)15-24(14-17-6-3-2-4-7-17)21(26)16-25(19-11-12-19)22(27)18-9-10-18/h2-8,13,18-19H,9-12,14-16H2,1H3. The van der Waals surface area contributed by atoms with Crippen LogP contribution in [-0.2, 0) is 29.7 Å². The van der Waals surface area contributed by atoms with Crippen LogP contribution in [0, 0.1) is 5.92 Å². The van der Waals surface area contributed by atoms with E-state index in [0.29, 0.717) is 13.1 Å². The zero-order valence-corrected chi connectivity index (χ0v) is 15.9. The van der Waals surface area contributed by atoms with E-state index in [0.717, 1.165) is 36.9 Å². The van der Waals surface area contributed by atoms with E-state index in [2.05, 4.69) is 0 Å². The lowest BCUT2D eigenvalue weighted by atomic mass is 10.2. The fourth-order valence-electron chi connectivity index (χ4n) is 3.48. The lowest BCUT2D eigenvalue weighted by Gasteiger charge is -2.28. The molecular formula is C22H27N3O2. The molecule has 1 aromatic carbocycles. The van der Waals surface area contributed by atoms with Gasteiger partial charge in [-0.15, -0.1) is 0 Å². The van der Waals surface area contributed by atoms with E-state index in [4.69, 9.17) is 0 Å². The zero-order chi connectivity index (χ0) is 18.8. The average Bonchev–Trinajstić information content (AvgIpc) is 3.59. The summed E-state index contributed by atoms with van der Waals surface area (Å²) in [4.78, 5) is 29.5. The van der Waals surface area contributed by atoms with Crippen molar-refractivity contribution in [3.05, 3.63) is 59.9 Å². The molecule has 5 heteroatoms. The van der Waals surface area contributed by atoms with Gasteiger partial charge in [0.2, 0.25) is 11.8 Å². The number of aromatic nitrogens is 1. The van der Waals surface area contributed by atoms with Gasteiger partial charge >= 0.3 is 0 Å². The van der Waals surface area contributed by atoms with E-state index in [-0.39, 0.29) is 30.3 Å². The van der Waals surface area contributed by atoms with Crippen molar-refractivity contribution in [2.45, 2.75) is 44.8 Å². The van der Waals surface area contributed by atoms with E-state index in [1.165, 1.54) is 0 Å². The summed E-state index contributed by atoms with van der Waals surface area (Å²) in [5, 5.41) is 0. The van der Waals surface area contributed by atoms with E-state index in [9.17, 15) is 9.59 Å². The second-order valence-corrected chi connectivity index (χ2v) is 7.82. The molecule has 0 unspecified atom stereocenters. The zero-order valence-electron chi connectivity index (χ0n) is 15.9. The van der Waals surface area contributed by atoms with Crippen molar-refractivity contribution in [1.29, 1.82) is 0 Å². The first-order valence-corrected chi connectivity index (χ1v) is 9.84. The van der Waals surface area contributed by atoms with E-state index < -0.39 is 0 Å². The molecule has 4 rings (SSSR count). The van der Waals surface area contributed by atoms with Gasteiger partial charge in [-0.2, -0.15) is 0 Å². The summed E-state index contributed by atoms with van der Waals surface area (Å²) in [5.74, 6) is 0.374. The molecule has 27 heavy (non-hydrogen) atoms. The van der Waals surface area contributed by atoms with Gasteiger partial charge in [0.15, 0.2) is 0 Å². The highest BCUT2D eigenvalue weighted by Crippen LogP contribution is 2.36. The third-order valence-corrected chi connectivity index (χ3v) is 5.48. The Kier molecular flexibility index (Phi) is 5.01. The van der Waals surface area contributed by atoms with Crippen LogP contribution in [0.1, 0.15) is 36.9 Å². The molecule has 142 valence electrons. The lowest BCUT2D eigenvalue weighted by Crippen LogP contribution is -2.44. The van der Waals surface area contributed by atoms with Crippen LogP contribution < -0.4 is 0 Å². The van der Waals surface area contributed by atoms with Gasteiger partial charge in [-0.25, -0.2) is 0 Å². The van der Waals surface area contributed by atoms with Crippen molar-refractivity contribution >= 4 is 11.8 Å². The number of hydrogen-bond donors (Lipinski definition) is 0. The van der Waals surface area contributed by atoms with Crippen LogP contribution in [0.5, 0.6) is 0 Å². The van der Waals surface area contributed by atoms with E-state index in [1.54, 1.807) is 0 Å². The summed E-state index contributed by atoms with van der Waals surface area (Å²) in [6.45, 7) is 1.31. The van der Waals surface area contributed by atoms with Crippen LogP contribution in [0.2, 0.25) is 0 Å². The molecule has 0 bridgehead atoms. The molecule has 2 saturated carbocycles. The molecule has 2 aliphatic carbocycles. The number of rotatable bonds is 8. The Morgan fingerprint density at radius 2 is 1.74 bits per heavy atom. The molecule has 2 aliphatic rings. The van der Waals surface area contributed by atoms with Crippen molar-refractivity contribution in [3.63, 3.8) is 0 Å². The molecular weight excluding hydrogens is 338 g/mol. The first-order valence-electron chi connectivity index (χ1n) is 9.84. The number of amides is 2. The van der Waals surface area contributed by atoms with Gasteiger partial charge in [-0.1, -0.05) is 30.3 Å². The Balaban J connectivity index is 1.50. The fourth-order valence-corrected chi connectivity index (χ4v) is 3.48. The molecule has 0 aliphatic heterocycles. The molecule has 2 fully saturated rings. The predicted octanol–water partition coefficient (Wildman–Crippen LogP) is 2.95. The molecule has 2 aromatic rings. The number of aryl methyl sites for hydroxylation is 1. The molecule has 0 radical (unpaired) electrons. The Morgan fingerprint density at radius 3 is 2.33 bits per heavy atom. The minimum atomic E-state index is 0.0287. The smallest absolute Gasteiger partial charge is 0.242 e. The summed E-state index contributed by atoms with van der Waals surface area (Å²) in [5.41, 5.74) is 2.19. The van der Waals surface area contributed by atoms with Gasteiger partial charge < -0.3 is 14.4 Å². The maximum Gasteiger partial charge on any atom is 0.242 e. The van der Waals surface area contributed by atoms with Gasteiger partial charge in [0.25, 0.3) is 0 Å². The molecule has 1 heterocycles. The maximum atomic E-state index is 13.2.